The molecule has 7 nitrogen and oxygen atoms in total. The maximum absolute atomic E-state index is 6.82. The molecule has 14 heteroatoms. The molecule has 0 spiro atoms. The average Bonchev–Trinajstić information content (AvgIpc) is 2.34. The van der Waals surface area contributed by atoms with E-state index < -0.39 is 59.4 Å². The zero-order valence-corrected chi connectivity index (χ0v) is 30.6. The smallest absolute Gasteiger partial charge is 0.317 e. The fourth-order valence-electron chi connectivity index (χ4n) is 4.33. The van der Waals surface area contributed by atoms with E-state index in [9.17, 15) is 0 Å². The van der Waals surface area contributed by atoms with E-state index in [1.165, 1.54) is 0 Å². The molecule has 0 amide bonds. The van der Waals surface area contributed by atoms with E-state index in [0.717, 1.165) is 12.5 Å². The van der Waals surface area contributed by atoms with Crippen LogP contribution < -0.4 is 5.73 Å². The van der Waals surface area contributed by atoms with Crippen molar-refractivity contribution >= 4 is 59.4 Å². The fraction of sp³-hybridized carbons (Fsp3) is 1.00. The average molecular weight is 576 g/mol. The lowest BCUT2D eigenvalue weighted by molar-refractivity contribution is 0.267. The van der Waals surface area contributed by atoms with Gasteiger partial charge in [0.25, 0.3) is 0 Å². The van der Waals surface area contributed by atoms with Crippen LogP contribution in [0.5, 0.6) is 0 Å². The molecule has 0 aromatic carbocycles. The Morgan fingerprint density at radius 2 is 0.719 bits per heavy atom. The zero-order chi connectivity index (χ0) is 25.9. The Bertz CT molecular complexity index is 593. The maximum Gasteiger partial charge on any atom is 0.317 e. The molecule has 0 aliphatic heterocycles. The van der Waals surface area contributed by atoms with Gasteiger partial charge in [-0.2, -0.15) is 0 Å². The molecule has 0 heterocycles. The Morgan fingerprint density at radius 3 is 1.03 bits per heavy atom. The van der Waals surface area contributed by atoms with Gasteiger partial charge in [0.1, 0.15) is 0 Å². The summed E-state index contributed by atoms with van der Waals surface area (Å²) in [6.45, 7) is 32.8. The van der Waals surface area contributed by atoms with Gasteiger partial charge < -0.3 is 30.4 Å². The summed E-state index contributed by atoms with van der Waals surface area (Å²) in [5.74, 6) is 0. The first-order valence-corrected chi connectivity index (χ1v) is 32.3. The van der Waals surface area contributed by atoms with Gasteiger partial charge in [0.2, 0.25) is 0 Å². The Morgan fingerprint density at radius 1 is 0.438 bits per heavy atom. The third-order valence-corrected chi connectivity index (χ3v) is 29.2. The molecule has 0 bridgehead atoms. The van der Waals surface area contributed by atoms with Crippen molar-refractivity contribution in [2.75, 3.05) is 6.54 Å². The topological polar surface area (TPSA) is 81.4 Å². The summed E-state index contributed by atoms with van der Waals surface area (Å²) in [5.41, 5.74) is 5.85. The number of hydrogen-bond acceptors (Lipinski definition) is 7. The lowest BCUT2D eigenvalue weighted by atomic mass is 10.5. The molecule has 0 aliphatic rings. The molecule has 2 N–H and O–H groups in total. The van der Waals surface area contributed by atoms with E-state index in [2.05, 4.69) is 98.2 Å². The van der Waals surface area contributed by atoms with E-state index in [4.69, 9.17) is 30.4 Å². The molecule has 0 aliphatic carbocycles. The minimum absolute atomic E-state index is 0.617. The van der Waals surface area contributed by atoms with Crippen LogP contribution in [0.3, 0.4) is 0 Å². The molecular weight excluding hydrogens is 523 g/mol. The molecule has 0 aromatic rings. The van der Waals surface area contributed by atoms with E-state index in [1.54, 1.807) is 0 Å². The van der Waals surface area contributed by atoms with Crippen molar-refractivity contribution in [3.63, 3.8) is 0 Å². The summed E-state index contributed by atoms with van der Waals surface area (Å²) in [6.07, 6.45) is 0.867. The maximum atomic E-state index is 6.82. The molecule has 0 radical (unpaired) electrons. The van der Waals surface area contributed by atoms with Crippen molar-refractivity contribution in [2.45, 2.75) is 111 Å². The second kappa shape index (κ2) is 11.5. The predicted molar refractivity (Wildman–Crippen MR) is 153 cm³/mol. The van der Waals surface area contributed by atoms with Crippen molar-refractivity contribution in [3.8, 4) is 0 Å². The van der Waals surface area contributed by atoms with Crippen LogP contribution in [0.2, 0.25) is 104 Å². The summed E-state index contributed by atoms with van der Waals surface area (Å²) in [6, 6.07) is 0.830. The summed E-state index contributed by atoms with van der Waals surface area (Å²) in [4.78, 5) is 0. The highest BCUT2D eigenvalue weighted by molar-refractivity contribution is 6.92. The first kappa shape index (κ1) is 33.2. The highest BCUT2D eigenvalue weighted by Crippen LogP contribution is 2.30. The number of hydrogen-bond donors (Lipinski definition) is 1. The van der Waals surface area contributed by atoms with Gasteiger partial charge in [-0.05, 0) is 117 Å². The lowest BCUT2D eigenvalue weighted by Crippen LogP contribution is -2.61. The van der Waals surface area contributed by atoms with Gasteiger partial charge in [-0.25, -0.2) is 0 Å². The molecular formula is C18H53NO6Si7. The van der Waals surface area contributed by atoms with Crippen molar-refractivity contribution in [1.29, 1.82) is 0 Å². The highest BCUT2D eigenvalue weighted by atomic mass is 28.5. The predicted octanol–water partition coefficient (Wildman–Crippen LogP) is 5.98. The van der Waals surface area contributed by atoms with Crippen molar-refractivity contribution in [1.82, 2.24) is 0 Å². The third kappa shape index (κ3) is 16.0. The monoisotopic (exact) mass is 575 g/mol. The van der Waals surface area contributed by atoms with E-state index in [1.807, 2.05) is 0 Å². The van der Waals surface area contributed by atoms with E-state index in [0.29, 0.717) is 6.54 Å². The Hall–Kier alpha value is 1.24. The van der Waals surface area contributed by atoms with Gasteiger partial charge >= 0.3 is 42.8 Å². The Labute approximate surface area is 206 Å². The second-order valence-electron chi connectivity index (χ2n) is 12.5. The molecule has 0 rings (SSSR count). The van der Waals surface area contributed by atoms with Gasteiger partial charge in [0.15, 0.2) is 16.6 Å². The second-order valence-corrected chi connectivity index (χ2v) is 39.8. The third-order valence-electron chi connectivity index (χ3n) is 3.85. The molecule has 1 unspecified atom stereocenters. The zero-order valence-electron chi connectivity index (χ0n) is 23.6. The Balaban J connectivity index is 5.53. The first-order valence-electron chi connectivity index (χ1n) is 11.7. The molecule has 194 valence electrons. The number of nitrogens with two attached hydrogens (primary N) is 1. The molecule has 1 atom stereocenters. The summed E-state index contributed by atoms with van der Waals surface area (Å²) in [5, 5.41) is 0. The first-order chi connectivity index (χ1) is 13.8. The molecule has 0 saturated carbocycles. The van der Waals surface area contributed by atoms with Gasteiger partial charge in [0, 0.05) is 0 Å². The molecule has 0 fully saturated rings. The molecule has 0 saturated heterocycles. The highest BCUT2D eigenvalue weighted by Gasteiger charge is 2.49. The summed E-state index contributed by atoms with van der Waals surface area (Å²) >= 11 is 0. The van der Waals surface area contributed by atoms with Gasteiger partial charge in [-0.15, -0.1) is 0 Å². The van der Waals surface area contributed by atoms with Gasteiger partial charge in [-0.3, -0.25) is 0 Å². The minimum atomic E-state index is -2.57. The van der Waals surface area contributed by atoms with Crippen LogP contribution in [0, 0.1) is 0 Å². The van der Waals surface area contributed by atoms with Crippen LogP contribution in [0.25, 0.3) is 0 Å². The van der Waals surface area contributed by atoms with Crippen molar-refractivity contribution in [3.05, 3.63) is 0 Å². The van der Waals surface area contributed by atoms with E-state index in [-0.39, 0.29) is 0 Å². The van der Waals surface area contributed by atoms with Gasteiger partial charge in [0.05, 0.1) is 0 Å². The van der Waals surface area contributed by atoms with Crippen molar-refractivity contribution in [2.24, 2.45) is 5.73 Å². The molecule has 32 heavy (non-hydrogen) atoms. The molecule has 0 aromatic heterocycles. The summed E-state index contributed by atoms with van der Waals surface area (Å²) in [7, 11) is -15.7. The van der Waals surface area contributed by atoms with E-state index >= 15 is 0 Å². The van der Waals surface area contributed by atoms with Crippen LogP contribution in [0.1, 0.15) is 6.42 Å². The van der Waals surface area contributed by atoms with Crippen LogP contribution in [0.4, 0.5) is 0 Å². The normalized spacial score (nSPS) is 16.9. The SMILES string of the molecule is C[Si](C)(C)O[Si](C)(C)O[Si](C)(C)O[Si](C)(C)O[Si](C)(CCCN)O[Si](C)(C)O[Si](C)(C)C. The largest absolute Gasteiger partial charge is 0.437 e. The lowest BCUT2D eigenvalue weighted by Gasteiger charge is -2.44. The quantitative estimate of drug-likeness (QED) is 0.240. The Kier molecular flexibility index (Phi) is 12.0. The van der Waals surface area contributed by atoms with Crippen LogP contribution in [-0.4, -0.2) is 66.0 Å². The summed E-state index contributed by atoms with van der Waals surface area (Å²) < 4.78 is 39.7. The minimum Gasteiger partial charge on any atom is -0.437 e. The van der Waals surface area contributed by atoms with Crippen LogP contribution in [0.15, 0.2) is 0 Å². The fourth-order valence-corrected chi connectivity index (χ4v) is 38.3. The van der Waals surface area contributed by atoms with Gasteiger partial charge in [-0.1, -0.05) is 0 Å². The van der Waals surface area contributed by atoms with Crippen LogP contribution >= 0.6 is 0 Å². The van der Waals surface area contributed by atoms with Crippen LogP contribution in [-0.2, 0) is 24.7 Å². The number of rotatable bonds is 15. The standard InChI is InChI=1S/C18H53NO6Si7/c1-26(2,3)20-28(7,8)22-30(11,12)23-31(13,14)25-32(15,18-16-17-19)24-29(9,10)21-27(4,5)6/h16-19H2,1-15H3. The van der Waals surface area contributed by atoms with Crippen molar-refractivity contribution < 1.29 is 24.7 Å².